The van der Waals surface area contributed by atoms with E-state index in [0.717, 1.165) is 22.0 Å². The molecule has 0 saturated heterocycles. The van der Waals surface area contributed by atoms with Crippen LogP contribution in [0.15, 0.2) is 53.9 Å². The lowest BCUT2D eigenvalue weighted by Gasteiger charge is -2.16. The van der Waals surface area contributed by atoms with Gasteiger partial charge in [0.25, 0.3) is 5.91 Å². The summed E-state index contributed by atoms with van der Waals surface area (Å²) in [4.78, 5) is 16.8. The van der Waals surface area contributed by atoms with E-state index in [9.17, 15) is 4.79 Å². The molecule has 5 heteroatoms. The molecule has 2 aromatic carbocycles. The van der Waals surface area contributed by atoms with Crippen molar-refractivity contribution in [2.24, 2.45) is 0 Å². The smallest absolute Gasteiger partial charge is 0.251 e. The van der Waals surface area contributed by atoms with Crippen LogP contribution in [-0.2, 0) is 6.61 Å². The van der Waals surface area contributed by atoms with Crippen LogP contribution in [0, 0.1) is 13.8 Å². The van der Waals surface area contributed by atoms with E-state index in [1.807, 2.05) is 62.5 Å². The van der Waals surface area contributed by atoms with Crippen LogP contribution in [0.4, 0.5) is 0 Å². The van der Waals surface area contributed by atoms with E-state index < -0.39 is 0 Å². The molecule has 0 fully saturated rings. The highest BCUT2D eigenvalue weighted by molar-refractivity contribution is 7.09. The number of nitrogens with one attached hydrogen (secondary N) is 1. The molecule has 0 saturated carbocycles. The number of carbonyl (C=O) groups excluding carboxylic acids is 1. The molecule has 3 aromatic rings. The molecular weight excluding hydrogens is 344 g/mol. The maximum absolute atomic E-state index is 12.5. The molecule has 3 rings (SSSR count). The maximum atomic E-state index is 12.5. The fraction of sp³-hybridized carbons (Fsp3) is 0.238. The summed E-state index contributed by atoms with van der Waals surface area (Å²) in [7, 11) is 0. The Bertz CT molecular complexity index is 887. The van der Waals surface area contributed by atoms with Crippen molar-refractivity contribution in [3.05, 3.63) is 81.3 Å². The molecule has 0 aliphatic carbocycles. The Balaban J connectivity index is 1.59. The summed E-state index contributed by atoms with van der Waals surface area (Å²) < 4.78 is 5.72. The number of aromatic nitrogens is 1. The quantitative estimate of drug-likeness (QED) is 0.680. The van der Waals surface area contributed by atoms with Gasteiger partial charge < -0.3 is 10.1 Å². The van der Waals surface area contributed by atoms with Crippen LogP contribution in [0.1, 0.15) is 45.2 Å². The Kier molecular flexibility index (Phi) is 5.68. The summed E-state index contributed by atoms with van der Waals surface area (Å²) in [6.07, 6.45) is 0. The predicted molar refractivity (Wildman–Crippen MR) is 105 cm³/mol. The average molecular weight is 366 g/mol. The summed E-state index contributed by atoms with van der Waals surface area (Å²) in [5, 5.41) is 6.06. The van der Waals surface area contributed by atoms with Crippen molar-refractivity contribution in [3.8, 4) is 5.75 Å². The highest BCUT2D eigenvalue weighted by atomic mass is 32.1. The van der Waals surface area contributed by atoms with E-state index >= 15 is 0 Å². The standard InChI is InChI=1S/C21H22N2O2S/c1-14-6-4-5-7-20(14)15(2)22-21(24)17-8-10-19(11-9-17)25-12-18-13-26-16(3)23-18/h4-11,13,15H,12H2,1-3H3,(H,22,24)/t15-/m0/s1. The molecule has 0 aliphatic rings. The minimum absolute atomic E-state index is 0.0486. The first-order valence-electron chi connectivity index (χ1n) is 8.53. The number of benzene rings is 2. The number of carbonyl (C=O) groups is 1. The summed E-state index contributed by atoms with van der Waals surface area (Å²) in [5.41, 5.74) is 3.82. The van der Waals surface area contributed by atoms with Crippen LogP contribution in [0.25, 0.3) is 0 Å². The Labute approximate surface area is 157 Å². The van der Waals surface area contributed by atoms with Crippen LogP contribution in [0.2, 0.25) is 0 Å². The van der Waals surface area contributed by atoms with Crippen molar-refractivity contribution in [2.75, 3.05) is 0 Å². The van der Waals surface area contributed by atoms with Gasteiger partial charge in [0, 0.05) is 10.9 Å². The fourth-order valence-electron chi connectivity index (χ4n) is 2.76. The van der Waals surface area contributed by atoms with Crippen LogP contribution in [-0.4, -0.2) is 10.9 Å². The van der Waals surface area contributed by atoms with Gasteiger partial charge in [0.05, 0.1) is 16.7 Å². The van der Waals surface area contributed by atoms with Gasteiger partial charge in [0.1, 0.15) is 12.4 Å². The average Bonchev–Trinajstić information content (AvgIpc) is 3.06. The van der Waals surface area contributed by atoms with E-state index in [0.29, 0.717) is 12.2 Å². The van der Waals surface area contributed by atoms with Crippen molar-refractivity contribution in [3.63, 3.8) is 0 Å². The Morgan fingerprint density at radius 2 is 1.88 bits per heavy atom. The Morgan fingerprint density at radius 3 is 2.54 bits per heavy atom. The molecule has 4 nitrogen and oxygen atoms in total. The lowest BCUT2D eigenvalue weighted by Crippen LogP contribution is -2.27. The van der Waals surface area contributed by atoms with Crippen molar-refractivity contribution in [2.45, 2.75) is 33.4 Å². The monoisotopic (exact) mass is 366 g/mol. The second-order valence-electron chi connectivity index (χ2n) is 6.22. The second kappa shape index (κ2) is 8.15. The van der Waals surface area contributed by atoms with E-state index in [4.69, 9.17) is 4.74 Å². The third kappa shape index (κ3) is 4.49. The lowest BCUT2D eigenvalue weighted by atomic mass is 10.0. The predicted octanol–water partition coefficient (Wildman–Crippen LogP) is 4.83. The molecule has 26 heavy (non-hydrogen) atoms. The molecule has 1 amide bonds. The zero-order valence-electron chi connectivity index (χ0n) is 15.2. The van der Waals surface area contributed by atoms with Gasteiger partial charge in [0.15, 0.2) is 0 Å². The molecule has 1 heterocycles. The molecule has 134 valence electrons. The molecule has 1 atom stereocenters. The van der Waals surface area contributed by atoms with Crippen LogP contribution in [0.5, 0.6) is 5.75 Å². The minimum Gasteiger partial charge on any atom is -0.487 e. The number of thiazole rings is 1. The number of ether oxygens (including phenoxy) is 1. The van der Waals surface area contributed by atoms with Gasteiger partial charge >= 0.3 is 0 Å². The van der Waals surface area contributed by atoms with Crippen LogP contribution < -0.4 is 10.1 Å². The topological polar surface area (TPSA) is 51.2 Å². The van der Waals surface area contributed by atoms with Gasteiger partial charge in [-0.2, -0.15) is 0 Å². The van der Waals surface area contributed by atoms with Crippen molar-refractivity contribution < 1.29 is 9.53 Å². The zero-order chi connectivity index (χ0) is 18.5. The molecule has 1 N–H and O–H groups in total. The first-order chi connectivity index (χ1) is 12.5. The van der Waals surface area contributed by atoms with E-state index in [2.05, 4.69) is 10.3 Å². The van der Waals surface area contributed by atoms with E-state index in [-0.39, 0.29) is 11.9 Å². The van der Waals surface area contributed by atoms with Gasteiger partial charge in [-0.25, -0.2) is 4.98 Å². The molecule has 0 radical (unpaired) electrons. The van der Waals surface area contributed by atoms with Crippen molar-refractivity contribution >= 4 is 17.2 Å². The summed E-state index contributed by atoms with van der Waals surface area (Å²) >= 11 is 1.61. The lowest BCUT2D eigenvalue weighted by molar-refractivity contribution is 0.0940. The second-order valence-corrected chi connectivity index (χ2v) is 7.28. The number of hydrogen-bond acceptors (Lipinski definition) is 4. The SMILES string of the molecule is Cc1nc(COc2ccc(C(=O)N[C@@H](C)c3ccccc3C)cc2)cs1. The first kappa shape index (κ1) is 18.1. The zero-order valence-corrected chi connectivity index (χ0v) is 16.0. The van der Waals surface area contributed by atoms with Gasteiger partial charge in [-0.05, 0) is 56.2 Å². The number of hydrogen-bond donors (Lipinski definition) is 1. The van der Waals surface area contributed by atoms with Gasteiger partial charge in [-0.3, -0.25) is 4.79 Å². The third-order valence-electron chi connectivity index (χ3n) is 4.17. The molecule has 0 aliphatic heterocycles. The van der Waals surface area contributed by atoms with E-state index in [1.165, 1.54) is 5.56 Å². The number of amides is 1. The first-order valence-corrected chi connectivity index (χ1v) is 9.41. The largest absolute Gasteiger partial charge is 0.487 e. The van der Waals surface area contributed by atoms with Gasteiger partial charge in [0.2, 0.25) is 0 Å². The maximum Gasteiger partial charge on any atom is 0.251 e. The Hall–Kier alpha value is -2.66. The highest BCUT2D eigenvalue weighted by Gasteiger charge is 2.13. The van der Waals surface area contributed by atoms with Crippen molar-refractivity contribution in [1.29, 1.82) is 0 Å². The summed E-state index contributed by atoms with van der Waals surface area (Å²) in [6.45, 7) is 6.45. The number of nitrogens with zero attached hydrogens (tertiary/aromatic N) is 1. The van der Waals surface area contributed by atoms with E-state index in [1.54, 1.807) is 23.5 Å². The summed E-state index contributed by atoms with van der Waals surface area (Å²) in [6, 6.07) is 15.2. The number of aryl methyl sites for hydroxylation is 2. The molecule has 0 bridgehead atoms. The van der Waals surface area contributed by atoms with Gasteiger partial charge in [-0.15, -0.1) is 11.3 Å². The van der Waals surface area contributed by atoms with Gasteiger partial charge in [-0.1, -0.05) is 24.3 Å². The third-order valence-corrected chi connectivity index (χ3v) is 4.99. The molecule has 1 aromatic heterocycles. The summed E-state index contributed by atoms with van der Waals surface area (Å²) in [5.74, 6) is 0.626. The van der Waals surface area contributed by atoms with Crippen LogP contribution >= 0.6 is 11.3 Å². The highest BCUT2D eigenvalue weighted by Crippen LogP contribution is 2.19. The van der Waals surface area contributed by atoms with Crippen LogP contribution in [0.3, 0.4) is 0 Å². The minimum atomic E-state index is -0.0950. The molecule has 0 spiro atoms. The molecule has 0 unspecified atom stereocenters. The molecular formula is C21H22N2O2S. The van der Waals surface area contributed by atoms with Crippen molar-refractivity contribution in [1.82, 2.24) is 10.3 Å². The fourth-order valence-corrected chi connectivity index (χ4v) is 3.36. The number of rotatable bonds is 6. The Morgan fingerprint density at radius 1 is 1.15 bits per heavy atom. The normalized spacial score (nSPS) is 11.8.